The molecule has 0 saturated heterocycles. The Bertz CT molecular complexity index is 109. The van der Waals surface area contributed by atoms with Gasteiger partial charge in [0, 0.05) is 0 Å². The molecule has 8 heavy (non-hydrogen) atoms. The maximum absolute atomic E-state index is 7.93. The van der Waals surface area contributed by atoms with Crippen LogP contribution in [0.15, 0.2) is 3.34 Å². The van der Waals surface area contributed by atoms with Crippen LogP contribution in [0.1, 0.15) is 20.8 Å². The fourth-order valence-electron chi connectivity index (χ4n) is 0.172. The van der Waals surface area contributed by atoms with Gasteiger partial charge in [-0.25, -0.2) is 0 Å². The summed E-state index contributed by atoms with van der Waals surface area (Å²) in [5.41, 5.74) is 7.93. The van der Waals surface area contributed by atoms with Crippen LogP contribution in [0, 0.1) is 0 Å². The standard InChI is InChI=1S/C4H9.N3.Sn/c1-4(2)3;1-3-2;/h1-3H3;;/q;-1;+1. The average molecular weight is 218 g/mol. The summed E-state index contributed by atoms with van der Waals surface area (Å²) in [4.78, 5) is 2.72. The Morgan fingerprint density at radius 3 is 2.12 bits per heavy atom. The predicted molar refractivity (Wildman–Crippen MR) is 34.6 cm³/mol. The van der Waals surface area contributed by atoms with Crippen LogP contribution in [-0.2, 0) is 0 Å². The molecule has 0 bridgehead atoms. The average Bonchev–Trinajstić information content (AvgIpc) is 1.59. The van der Waals surface area contributed by atoms with Gasteiger partial charge in [-0.15, -0.1) is 0 Å². The van der Waals surface area contributed by atoms with Gasteiger partial charge in [-0.2, -0.15) is 0 Å². The van der Waals surface area contributed by atoms with Crippen molar-refractivity contribution >= 4 is 21.4 Å². The number of hydrogen-bond donors (Lipinski definition) is 0. The third kappa shape index (κ3) is 6.11. The molecule has 0 spiro atoms. The van der Waals surface area contributed by atoms with Gasteiger partial charge in [0.2, 0.25) is 0 Å². The zero-order chi connectivity index (χ0) is 6.62. The van der Waals surface area contributed by atoms with Crippen LogP contribution >= 0.6 is 0 Å². The Morgan fingerprint density at radius 1 is 1.50 bits per heavy atom. The first kappa shape index (κ1) is 8.11. The summed E-state index contributed by atoms with van der Waals surface area (Å²) in [6.45, 7) is 6.32. The van der Waals surface area contributed by atoms with Crippen molar-refractivity contribution in [2.75, 3.05) is 0 Å². The summed E-state index contributed by atoms with van der Waals surface area (Å²) in [6.07, 6.45) is 0. The van der Waals surface area contributed by atoms with Gasteiger partial charge in [0.15, 0.2) is 0 Å². The Kier molecular flexibility index (Phi) is 3.24. The molecule has 0 aromatic heterocycles. The summed E-state index contributed by atoms with van der Waals surface area (Å²) in [5.74, 6) is 0. The minimum atomic E-state index is -0.792. The molecule has 3 nitrogen and oxygen atoms in total. The van der Waals surface area contributed by atoms with Crippen molar-refractivity contribution in [1.29, 1.82) is 0 Å². The molecular formula is C4H9N3Sn. The van der Waals surface area contributed by atoms with Crippen LogP contribution < -0.4 is 0 Å². The molecule has 4 heteroatoms. The van der Waals surface area contributed by atoms with Gasteiger partial charge in [-0.05, 0) is 0 Å². The molecule has 0 aliphatic rings. The minimum absolute atomic E-state index is 0.301. The van der Waals surface area contributed by atoms with Crippen LogP contribution in [0.5, 0.6) is 0 Å². The van der Waals surface area contributed by atoms with Gasteiger partial charge in [0.25, 0.3) is 0 Å². The van der Waals surface area contributed by atoms with Gasteiger partial charge in [-0.3, -0.25) is 0 Å². The molecule has 0 saturated carbocycles. The molecular weight excluding hydrogens is 209 g/mol. The van der Waals surface area contributed by atoms with Crippen LogP contribution in [0.2, 0.25) is 3.43 Å². The molecule has 0 aromatic rings. The first-order chi connectivity index (χ1) is 3.56. The van der Waals surface area contributed by atoms with E-state index in [0.29, 0.717) is 3.43 Å². The molecule has 0 heterocycles. The summed E-state index contributed by atoms with van der Waals surface area (Å²) in [5, 5.41) is 0. The van der Waals surface area contributed by atoms with E-state index in [9.17, 15) is 0 Å². The van der Waals surface area contributed by atoms with Crippen LogP contribution in [0.25, 0.3) is 10.4 Å². The Morgan fingerprint density at radius 2 is 2.00 bits per heavy atom. The second-order valence-electron chi connectivity index (χ2n) is 2.55. The van der Waals surface area contributed by atoms with Gasteiger partial charge in [-0.1, -0.05) is 0 Å². The Balaban J connectivity index is 3.55. The molecule has 0 atom stereocenters. The zero-order valence-electron chi connectivity index (χ0n) is 5.34. The number of nitrogens with zero attached hydrogens (tertiary/aromatic N) is 3. The Labute approximate surface area is 59.7 Å². The van der Waals surface area contributed by atoms with Crippen molar-refractivity contribution in [1.82, 2.24) is 0 Å². The molecule has 2 radical (unpaired) electrons. The topological polar surface area (TPSA) is 48.8 Å². The van der Waals surface area contributed by atoms with Crippen molar-refractivity contribution in [3.8, 4) is 0 Å². The molecule has 0 aliphatic heterocycles. The maximum atomic E-state index is 7.93. The molecule has 0 amide bonds. The van der Waals surface area contributed by atoms with Gasteiger partial charge >= 0.3 is 59.4 Å². The summed E-state index contributed by atoms with van der Waals surface area (Å²) in [7, 11) is 0. The van der Waals surface area contributed by atoms with Crippen molar-refractivity contribution in [2.24, 2.45) is 3.34 Å². The number of azide groups is 1. The number of hydrogen-bond acceptors (Lipinski definition) is 1. The van der Waals surface area contributed by atoms with Crippen LogP contribution in [0.3, 0.4) is 0 Å². The fraction of sp³-hybridized carbons (Fsp3) is 1.00. The van der Waals surface area contributed by atoms with E-state index in [1.54, 1.807) is 0 Å². The third-order valence-electron chi connectivity index (χ3n) is 0.430. The van der Waals surface area contributed by atoms with Crippen molar-refractivity contribution in [2.45, 2.75) is 24.2 Å². The van der Waals surface area contributed by atoms with Crippen molar-refractivity contribution in [3.63, 3.8) is 0 Å². The van der Waals surface area contributed by atoms with E-state index in [0.717, 1.165) is 0 Å². The van der Waals surface area contributed by atoms with E-state index in [1.807, 2.05) is 0 Å². The molecule has 0 unspecified atom stereocenters. The SMILES string of the molecule is C[C](C)(C)[Sn][N]=[N+]=[N-]. The van der Waals surface area contributed by atoms with E-state index in [1.165, 1.54) is 0 Å². The molecule has 0 fully saturated rings. The second kappa shape index (κ2) is 3.20. The van der Waals surface area contributed by atoms with Crippen molar-refractivity contribution < 1.29 is 0 Å². The number of rotatable bonds is 1. The normalized spacial score (nSPS) is 10.4. The van der Waals surface area contributed by atoms with E-state index >= 15 is 0 Å². The first-order valence-electron chi connectivity index (χ1n) is 2.37. The summed E-state index contributed by atoms with van der Waals surface area (Å²) < 4.78 is 3.89. The monoisotopic (exact) mass is 219 g/mol. The molecule has 0 aromatic carbocycles. The first-order valence-corrected chi connectivity index (χ1v) is 5.08. The third-order valence-corrected chi connectivity index (χ3v) is 2.89. The molecule has 0 aliphatic carbocycles. The molecule has 44 valence electrons. The summed E-state index contributed by atoms with van der Waals surface area (Å²) in [6, 6.07) is 0. The van der Waals surface area contributed by atoms with E-state index in [2.05, 4.69) is 29.0 Å². The van der Waals surface area contributed by atoms with E-state index < -0.39 is 21.4 Å². The van der Waals surface area contributed by atoms with Crippen LogP contribution in [0.4, 0.5) is 0 Å². The Hall–Kier alpha value is 0.109. The fourth-order valence-corrected chi connectivity index (χ4v) is 1.16. The predicted octanol–water partition coefficient (Wildman–Crippen LogP) is 2.13. The van der Waals surface area contributed by atoms with Gasteiger partial charge < -0.3 is 0 Å². The zero-order valence-corrected chi connectivity index (χ0v) is 8.20. The molecule has 0 N–H and O–H groups in total. The summed E-state index contributed by atoms with van der Waals surface area (Å²) >= 11 is -0.792. The van der Waals surface area contributed by atoms with E-state index in [-0.39, 0.29) is 0 Å². The van der Waals surface area contributed by atoms with Gasteiger partial charge in [0.1, 0.15) is 0 Å². The van der Waals surface area contributed by atoms with Crippen molar-refractivity contribution in [3.05, 3.63) is 10.4 Å². The molecule has 0 rings (SSSR count). The van der Waals surface area contributed by atoms with Crippen LogP contribution in [-0.4, -0.2) is 21.4 Å². The van der Waals surface area contributed by atoms with Gasteiger partial charge in [0.05, 0.1) is 0 Å². The second-order valence-corrected chi connectivity index (χ2v) is 8.04. The van der Waals surface area contributed by atoms with E-state index in [4.69, 9.17) is 5.53 Å². The quantitative estimate of drug-likeness (QED) is 0.280.